The smallest absolute Gasteiger partial charge is 0.410 e. The molecule has 2 aromatic rings. The Bertz CT molecular complexity index is 925. The van der Waals surface area contributed by atoms with E-state index in [0.29, 0.717) is 31.9 Å². The van der Waals surface area contributed by atoms with Gasteiger partial charge in [-0.15, -0.1) is 0 Å². The average molecular weight is 417 g/mol. The third kappa shape index (κ3) is 5.13. The van der Waals surface area contributed by atoms with Crippen molar-refractivity contribution in [2.45, 2.75) is 26.4 Å². The molecule has 1 saturated heterocycles. The van der Waals surface area contributed by atoms with E-state index in [1.165, 1.54) is 12.3 Å². The van der Waals surface area contributed by atoms with Crippen LogP contribution in [0.3, 0.4) is 0 Å². The van der Waals surface area contributed by atoms with Crippen molar-refractivity contribution < 1.29 is 18.8 Å². The number of rotatable bonds is 4. The lowest BCUT2D eigenvalue weighted by atomic mass is 10.2. The van der Waals surface area contributed by atoms with Crippen LogP contribution in [0.5, 0.6) is 0 Å². The van der Waals surface area contributed by atoms with Crippen molar-refractivity contribution in [1.29, 1.82) is 0 Å². The van der Waals surface area contributed by atoms with Crippen molar-refractivity contribution in [3.63, 3.8) is 0 Å². The van der Waals surface area contributed by atoms with Crippen molar-refractivity contribution in [1.82, 2.24) is 9.88 Å². The van der Waals surface area contributed by atoms with Crippen LogP contribution in [-0.2, 0) is 4.74 Å². The van der Waals surface area contributed by atoms with Crippen LogP contribution in [0.4, 0.5) is 31.9 Å². The Morgan fingerprint density at radius 1 is 1.27 bits per heavy atom. The van der Waals surface area contributed by atoms with Gasteiger partial charge < -0.3 is 19.9 Å². The van der Waals surface area contributed by atoms with E-state index in [2.05, 4.69) is 10.3 Å². The number of nitro groups is 1. The zero-order valence-corrected chi connectivity index (χ0v) is 17.1. The van der Waals surface area contributed by atoms with E-state index < -0.39 is 22.4 Å². The van der Waals surface area contributed by atoms with Crippen molar-refractivity contribution in [3.05, 3.63) is 52.6 Å². The Kier molecular flexibility index (Phi) is 6.04. The molecule has 1 amide bonds. The maximum Gasteiger partial charge on any atom is 0.410 e. The molecular weight excluding hydrogens is 393 g/mol. The Hall–Kier alpha value is -3.43. The predicted octanol–water partition coefficient (Wildman–Crippen LogP) is 3.93. The molecule has 2 heterocycles. The second-order valence-electron chi connectivity index (χ2n) is 7.90. The molecule has 3 rings (SSSR count). The highest BCUT2D eigenvalue weighted by molar-refractivity contribution is 5.75. The lowest BCUT2D eigenvalue weighted by Crippen LogP contribution is -2.50. The largest absolute Gasteiger partial charge is 0.444 e. The lowest BCUT2D eigenvalue weighted by Gasteiger charge is -2.37. The summed E-state index contributed by atoms with van der Waals surface area (Å²) in [5, 5.41) is 14.3. The molecule has 10 heteroatoms. The number of nitro benzene ring substituents is 1. The Morgan fingerprint density at radius 2 is 1.97 bits per heavy atom. The molecule has 0 unspecified atom stereocenters. The van der Waals surface area contributed by atoms with Gasteiger partial charge >= 0.3 is 6.09 Å². The van der Waals surface area contributed by atoms with Crippen LogP contribution in [-0.4, -0.2) is 52.7 Å². The Morgan fingerprint density at radius 3 is 2.53 bits per heavy atom. The highest BCUT2D eigenvalue weighted by Gasteiger charge is 2.28. The first kappa shape index (κ1) is 21.3. The van der Waals surface area contributed by atoms with Crippen LogP contribution in [0.25, 0.3) is 0 Å². The molecule has 0 spiro atoms. The van der Waals surface area contributed by atoms with Crippen molar-refractivity contribution >= 4 is 28.8 Å². The van der Waals surface area contributed by atoms with E-state index >= 15 is 0 Å². The fourth-order valence-corrected chi connectivity index (χ4v) is 3.09. The highest BCUT2D eigenvalue weighted by atomic mass is 19.1. The first-order valence-electron chi connectivity index (χ1n) is 9.52. The number of nitrogens with zero attached hydrogens (tertiary/aromatic N) is 4. The molecule has 1 aromatic heterocycles. The maximum absolute atomic E-state index is 14.7. The molecule has 1 aliphatic rings. The molecule has 160 valence electrons. The number of nitrogens with one attached hydrogen (secondary N) is 1. The van der Waals surface area contributed by atoms with E-state index in [9.17, 15) is 19.3 Å². The van der Waals surface area contributed by atoms with E-state index in [1.807, 2.05) is 0 Å². The molecule has 1 fully saturated rings. The fraction of sp³-hybridized carbons (Fsp3) is 0.400. The maximum atomic E-state index is 14.7. The molecule has 1 aromatic carbocycles. The first-order valence-corrected chi connectivity index (χ1v) is 9.52. The summed E-state index contributed by atoms with van der Waals surface area (Å²) in [6.45, 7) is 6.85. The predicted molar refractivity (Wildman–Crippen MR) is 111 cm³/mol. The minimum Gasteiger partial charge on any atom is -0.444 e. The third-order valence-corrected chi connectivity index (χ3v) is 4.47. The van der Waals surface area contributed by atoms with Gasteiger partial charge in [0.25, 0.3) is 5.69 Å². The van der Waals surface area contributed by atoms with Crippen LogP contribution in [0.1, 0.15) is 20.8 Å². The normalized spacial score (nSPS) is 14.4. The topological polar surface area (TPSA) is 101 Å². The van der Waals surface area contributed by atoms with Crippen LogP contribution >= 0.6 is 0 Å². The molecule has 1 N–H and O–H groups in total. The number of hydrogen-bond donors (Lipinski definition) is 1. The molecular formula is C20H24FN5O4. The van der Waals surface area contributed by atoms with Gasteiger partial charge in [0.1, 0.15) is 11.3 Å². The Balaban J connectivity index is 1.79. The van der Waals surface area contributed by atoms with E-state index in [4.69, 9.17) is 4.74 Å². The van der Waals surface area contributed by atoms with E-state index in [-0.39, 0.29) is 17.1 Å². The summed E-state index contributed by atoms with van der Waals surface area (Å²) in [6, 6.07) is 5.73. The summed E-state index contributed by atoms with van der Waals surface area (Å²) in [5.41, 5.74) is -0.0128. The first-order chi connectivity index (χ1) is 14.1. The van der Waals surface area contributed by atoms with Gasteiger partial charge in [0.15, 0.2) is 5.82 Å². The second-order valence-corrected chi connectivity index (χ2v) is 7.90. The monoisotopic (exact) mass is 417 g/mol. The Labute approximate surface area is 173 Å². The van der Waals surface area contributed by atoms with Crippen LogP contribution in [0, 0.1) is 15.9 Å². The number of pyridine rings is 1. The number of carbonyl (C=O) groups excluding carboxylic acids is 1. The lowest BCUT2D eigenvalue weighted by molar-refractivity contribution is -0.384. The summed E-state index contributed by atoms with van der Waals surface area (Å²) in [7, 11) is 0. The van der Waals surface area contributed by atoms with Gasteiger partial charge in [-0.3, -0.25) is 15.1 Å². The number of aromatic nitrogens is 1. The number of halogens is 1. The van der Waals surface area contributed by atoms with Gasteiger partial charge in [0.05, 0.1) is 28.6 Å². The zero-order valence-electron chi connectivity index (χ0n) is 17.1. The minimum absolute atomic E-state index is 0.166. The number of amides is 1. The molecule has 9 nitrogen and oxygen atoms in total. The molecule has 0 radical (unpaired) electrons. The van der Waals surface area contributed by atoms with Gasteiger partial charge in [0.2, 0.25) is 0 Å². The highest BCUT2D eigenvalue weighted by Crippen LogP contribution is 2.34. The molecule has 0 atom stereocenters. The van der Waals surface area contributed by atoms with Gasteiger partial charge in [0, 0.05) is 32.4 Å². The van der Waals surface area contributed by atoms with Gasteiger partial charge in [-0.1, -0.05) is 0 Å². The zero-order chi connectivity index (χ0) is 21.9. The summed E-state index contributed by atoms with van der Waals surface area (Å²) >= 11 is 0. The van der Waals surface area contributed by atoms with Crippen molar-refractivity contribution in [2.75, 3.05) is 36.4 Å². The van der Waals surface area contributed by atoms with Crippen LogP contribution in [0.15, 0.2) is 36.7 Å². The molecule has 1 aliphatic heterocycles. The second kappa shape index (κ2) is 8.52. The standard InChI is InChI=1S/C20H24FN5O4/c1-20(2,3)30-19(27)25-9-7-24(8-10-25)17-12-16(18(26(28)29)11-15(17)21)23-14-5-4-6-22-13-14/h4-6,11-13,23H,7-10H2,1-3H3. The quantitative estimate of drug-likeness (QED) is 0.594. The summed E-state index contributed by atoms with van der Waals surface area (Å²) in [5.74, 6) is -0.691. The van der Waals surface area contributed by atoms with Gasteiger partial charge in [-0.05, 0) is 39.0 Å². The number of benzene rings is 1. The number of anilines is 3. The third-order valence-electron chi connectivity index (χ3n) is 4.47. The molecule has 0 aliphatic carbocycles. The summed E-state index contributed by atoms with van der Waals surface area (Å²) in [4.78, 5) is 30.3. The SMILES string of the molecule is CC(C)(C)OC(=O)N1CCN(c2cc(Nc3cccnc3)c([N+](=O)[O-])cc2F)CC1. The van der Waals surface area contributed by atoms with E-state index in [0.717, 1.165) is 6.07 Å². The van der Waals surface area contributed by atoms with Crippen molar-refractivity contribution in [2.24, 2.45) is 0 Å². The summed E-state index contributed by atoms with van der Waals surface area (Å²) in [6.07, 6.45) is 2.69. The molecule has 30 heavy (non-hydrogen) atoms. The molecule has 0 bridgehead atoms. The van der Waals surface area contributed by atoms with Crippen molar-refractivity contribution in [3.8, 4) is 0 Å². The fourth-order valence-electron chi connectivity index (χ4n) is 3.09. The van der Waals surface area contributed by atoms with Crippen LogP contribution in [0.2, 0.25) is 0 Å². The van der Waals surface area contributed by atoms with Gasteiger partial charge in [-0.2, -0.15) is 0 Å². The van der Waals surface area contributed by atoms with E-state index in [1.54, 1.807) is 48.9 Å². The number of piperazine rings is 1. The number of hydrogen-bond acceptors (Lipinski definition) is 7. The minimum atomic E-state index is -0.691. The van der Waals surface area contributed by atoms with Gasteiger partial charge in [-0.25, -0.2) is 9.18 Å². The summed E-state index contributed by atoms with van der Waals surface area (Å²) < 4.78 is 20.1. The van der Waals surface area contributed by atoms with Crippen LogP contribution < -0.4 is 10.2 Å². The average Bonchev–Trinajstić information content (AvgIpc) is 2.68. The molecule has 0 saturated carbocycles. The number of ether oxygens (including phenoxy) is 1. The number of carbonyl (C=O) groups is 1.